The maximum Gasteiger partial charge on any atom is 0.244 e. The summed E-state index contributed by atoms with van der Waals surface area (Å²) >= 11 is 11.7. The molecule has 1 unspecified atom stereocenters. The molecular weight excluding hydrogens is 443 g/mol. The van der Waals surface area contributed by atoms with Gasteiger partial charge in [-0.15, -0.1) is 0 Å². The van der Waals surface area contributed by atoms with Crippen LogP contribution in [0.5, 0.6) is 0 Å². The molecule has 30 heavy (non-hydrogen) atoms. The molecule has 0 aliphatic rings. The van der Waals surface area contributed by atoms with Crippen LogP contribution in [0.15, 0.2) is 84.0 Å². The minimum atomic E-state index is -3.79. The lowest BCUT2D eigenvalue weighted by molar-refractivity contribution is -0.116. The van der Waals surface area contributed by atoms with Gasteiger partial charge in [-0.25, -0.2) is 8.42 Å². The number of aromatic nitrogens is 1. The number of pyridine rings is 1. The highest BCUT2D eigenvalue weighted by molar-refractivity contribution is 7.91. The largest absolute Gasteiger partial charge is 0.351 e. The van der Waals surface area contributed by atoms with Gasteiger partial charge in [-0.3, -0.25) is 9.78 Å². The van der Waals surface area contributed by atoms with E-state index in [-0.39, 0.29) is 11.4 Å². The Kier molecular flexibility index (Phi) is 7.26. The van der Waals surface area contributed by atoms with Crippen molar-refractivity contribution in [2.24, 2.45) is 0 Å². The summed E-state index contributed by atoms with van der Waals surface area (Å²) in [6, 6.07) is 16.2. The molecule has 2 aromatic carbocycles. The second kappa shape index (κ2) is 9.89. The lowest BCUT2D eigenvalue weighted by Crippen LogP contribution is -2.31. The number of halogens is 2. The fourth-order valence-electron chi connectivity index (χ4n) is 2.76. The van der Waals surface area contributed by atoms with Gasteiger partial charge in [-0.05, 0) is 59.7 Å². The number of nitrogens with zero attached hydrogens (tertiary/aromatic N) is 1. The molecule has 0 spiro atoms. The summed E-state index contributed by atoms with van der Waals surface area (Å²) in [6.45, 7) is -0.111. The lowest BCUT2D eigenvalue weighted by Gasteiger charge is -2.18. The lowest BCUT2D eigenvalue weighted by atomic mass is 10.2. The van der Waals surface area contributed by atoms with Crippen LogP contribution in [0, 0.1) is 0 Å². The summed E-state index contributed by atoms with van der Waals surface area (Å²) in [5.74, 6) is -0.412. The van der Waals surface area contributed by atoms with Gasteiger partial charge >= 0.3 is 0 Å². The molecule has 3 aromatic rings. The van der Waals surface area contributed by atoms with Gasteiger partial charge in [0.05, 0.1) is 4.90 Å². The molecule has 0 saturated carbocycles. The van der Waals surface area contributed by atoms with Gasteiger partial charge in [0.25, 0.3) is 0 Å². The Hall–Kier alpha value is -2.67. The molecule has 0 fully saturated rings. The molecule has 1 aromatic heterocycles. The second-order valence-corrected chi connectivity index (χ2v) is 9.41. The first-order chi connectivity index (χ1) is 14.4. The summed E-state index contributed by atoms with van der Waals surface area (Å²) in [7, 11) is -3.79. The van der Waals surface area contributed by atoms with Crippen molar-refractivity contribution < 1.29 is 13.2 Å². The van der Waals surface area contributed by atoms with Crippen LogP contribution in [-0.4, -0.2) is 25.9 Å². The van der Waals surface area contributed by atoms with Gasteiger partial charge in [0.1, 0.15) is 5.25 Å². The molecule has 5 nitrogen and oxygen atoms in total. The average Bonchev–Trinajstić information content (AvgIpc) is 2.74. The maximum absolute atomic E-state index is 13.2. The third kappa shape index (κ3) is 5.69. The Morgan fingerprint density at radius 1 is 1.00 bits per heavy atom. The number of hydrogen-bond donors (Lipinski definition) is 1. The van der Waals surface area contributed by atoms with Crippen molar-refractivity contribution in [1.29, 1.82) is 0 Å². The average molecular weight is 461 g/mol. The molecule has 1 atom stereocenters. The molecule has 1 N–H and O–H groups in total. The first kappa shape index (κ1) is 22.0. The highest BCUT2D eigenvalue weighted by atomic mass is 35.5. The zero-order chi connectivity index (χ0) is 21.6. The quantitative estimate of drug-likeness (QED) is 0.516. The first-order valence-corrected chi connectivity index (χ1v) is 11.3. The zero-order valence-corrected chi connectivity index (χ0v) is 18.0. The molecular formula is C22H18Cl2N2O3S. The maximum atomic E-state index is 13.2. The van der Waals surface area contributed by atoms with E-state index in [0.717, 1.165) is 5.56 Å². The number of carbonyl (C=O) groups excluding carboxylic acids is 1. The van der Waals surface area contributed by atoms with Crippen molar-refractivity contribution in [1.82, 2.24) is 10.3 Å². The minimum absolute atomic E-state index is 0.111. The number of nitrogens with one attached hydrogen (secondary N) is 1. The predicted molar refractivity (Wildman–Crippen MR) is 119 cm³/mol. The van der Waals surface area contributed by atoms with Crippen LogP contribution < -0.4 is 5.32 Å². The Balaban J connectivity index is 1.79. The molecule has 154 valence electrons. The van der Waals surface area contributed by atoms with E-state index >= 15 is 0 Å². The molecule has 3 rings (SSSR count). The molecule has 0 radical (unpaired) electrons. The summed E-state index contributed by atoms with van der Waals surface area (Å²) in [5, 5.41) is 2.70. The summed E-state index contributed by atoms with van der Waals surface area (Å²) in [6.07, 6.45) is 6.01. The van der Waals surface area contributed by atoms with E-state index < -0.39 is 21.0 Å². The number of carbonyl (C=O) groups is 1. The Labute approximate surface area is 185 Å². The van der Waals surface area contributed by atoms with Crippen molar-refractivity contribution in [3.63, 3.8) is 0 Å². The van der Waals surface area contributed by atoms with Crippen LogP contribution in [0.25, 0.3) is 6.08 Å². The molecule has 0 aliphatic heterocycles. The van der Waals surface area contributed by atoms with Crippen molar-refractivity contribution in [3.8, 4) is 0 Å². The highest BCUT2D eigenvalue weighted by Crippen LogP contribution is 2.28. The van der Waals surface area contributed by atoms with Crippen LogP contribution in [0.3, 0.4) is 0 Å². The normalized spacial score (nSPS) is 12.6. The van der Waals surface area contributed by atoms with Crippen LogP contribution in [0.1, 0.15) is 16.4 Å². The number of hydrogen-bond acceptors (Lipinski definition) is 4. The third-order valence-corrected chi connectivity index (χ3v) is 6.95. The van der Waals surface area contributed by atoms with Crippen LogP contribution in [0.4, 0.5) is 0 Å². The van der Waals surface area contributed by atoms with Crippen molar-refractivity contribution in [2.45, 2.75) is 10.1 Å². The molecule has 8 heteroatoms. The monoisotopic (exact) mass is 460 g/mol. The van der Waals surface area contributed by atoms with Crippen molar-refractivity contribution in [3.05, 3.63) is 100 Å². The molecule has 0 aliphatic carbocycles. The summed E-state index contributed by atoms with van der Waals surface area (Å²) in [4.78, 5) is 16.4. The zero-order valence-electron chi connectivity index (χ0n) is 15.7. The minimum Gasteiger partial charge on any atom is -0.351 e. The molecule has 0 saturated heterocycles. The fraction of sp³-hybridized carbons (Fsp3) is 0.0909. The van der Waals surface area contributed by atoms with E-state index in [9.17, 15) is 13.2 Å². The molecule has 1 heterocycles. The standard InChI is InChI=1S/C22H18Cl2N2O3S/c23-18-6-3-16(4-7-18)5-12-22(27)26-15-21(17-2-1-13-25-14-17)30(28,29)20-10-8-19(24)9-11-20/h1-14,21H,15H2,(H,26,27)/b12-5+. The van der Waals surface area contributed by atoms with E-state index in [1.807, 2.05) is 0 Å². The van der Waals surface area contributed by atoms with E-state index in [1.54, 1.807) is 48.7 Å². The van der Waals surface area contributed by atoms with E-state index in [4.69, 9.17) is 23.2 Å². The Morgan fingerprint density at radius 2 is 1.63 bits per heavy atom. The highest BCUT2D eigenvalue weighted by Gasteiger charge is 2.29. The van der Waals surface area contributed by atoms with Gasteiger partial charge < -0.3 is 5.32 Å². The number of benzene rings is 2. The van der Waals surface area contributed by atoms with Crippen LogP contribution in [0.2, 0.25) is 10.0 Å². The predicted octanol–water partition coefficient (Wildman–Crippen LogP) is 4.73. The third-order valence-electron chi connectivity index (χ3n) is 4.33. The second-order valence-electron chi connectivity index (χ2n) is 6.40. The van der Waals surface area contributed by atoms with Crippen LogP contribution >= 0.6 is 23.2 Å². The summed E-state index contributed by atoms with van der Waals surface area (Å²) in [5.41, 5.74) is 1.28. The molecule has 0 bridgehead atoms. The van der Waals surface area contributed by atoms with E-state index in [1.165, 1.54) is 36.5 Å². The fourth-order valence-corrected chi connectivity index (χ4v) is 4.66. The number of amides is 1. The SMILES string of the molecule is O=C(/C=C/c1ccc(Cl)cc1)NCC(c1cccnc1)S(=O)(=O)c1ccc(Cl)cc1. The van der Waals surface area contributed by atoms with Gasteiger partial charge in [0.15, 0.2) is 9.84 Å². The number of rotatable bonds is 7. The van der Waals surface area contributed by atoms with Crippen molar-refractivity contribution in [2.75, 3.05) is 6.54 Å². The Morgan fingerprint density at radius 3 is 2.23 bits per heavy atom. The van der Waals surface area contributed by atoms with Gasteiger partial charge in [-0.1, -0.05) is 41.4 Å². The van der Waals surface area contributed by atoms with Crippen molar-refractivity contribution >= 4 is 45.0 Å². The van der Waals surface area contributed by atoms with Crippen LogP contribution in [-0.2, 0) is 14.6 Å². The molecule has 1 amide bonds. The summed E-state index contributed by atoms with van der Waals surface area (Å²) < 4.78 is 26.4. The van der Waals surface area contributed by atoms with E-state index in [0.29, 0.717) is 15.6 Å². The van der Waals surface area contributed by atoms with Gasteiger partial charge in [0.2, 0.25) is 5.91 Å². The first-order valence-electron chi connectivity index (χ1n) is 8.97. The van der Waals surface area contributed by atoms with E-state index in [2.05, 4.69) is 10.3 Å². The number of sulfone groups is 1. The Bertz CT molecular complexity index is 1130. The van der Waals surface area contributed by atoms with Gasteiger partial charge in [0, 0.05) is 35.1 Å². The smallest absolute Gasteiger partial charge is 0.244 e. The van der Waals surface area contributed by atoms with Gasteiger partial charge in [-0.2, -0.15) is 0 Å². The topological polar surface area (TPSA) is 76.1 Å².